The van der Waals surface area contributed by atoms with Crippen LogP contribution in [0.25, 0.3) is 10.2 Å². The van der Waals surface area contributed by atoms with Gasteiger partial charge >= 0.3 is 5.97 Å². The molecule has 3 rings (SSSR count). The van der Waals surface area contributed by atoms with E-state index < -0.39 is 18.5 Å². The van der Waals surface area contributed by atoms with E-state index in [1.54, 1.807) is 24.3 Å². The van der Waals surface area contributed by atoms with Gasteiger partial charge in [-0.25, -0.2) is 4.98 Å². The van der Waals surface area contributed by atoms with Crippen LogP contribution in [-0.2, 0) is 19.1 Å². The SMILES string of the molecule is CCN(C(=O)COC(=O)CNC(=O)COc1ccccc1)c1nc2ccccc2s1. The zero-order chi connectivity index (χ0) is 21.3. The highest BCUT2D eigenvalue weighted by atomic mass is 32.1. The number of carbonyl (C=O) groups is 3. The Balaban J connectivity index is 1.42. The number of anilines is 1. The zero-order valence-corrected chi connectivity index (χ0v) is 17.2. The first-order chi connectivity index (χ1) is 14.6. The Morgan fingerprint density at radius 3 is 2.50 bits per heavy atom. The van der Waals surface area contributed by atoms with Crippen molar-refractivity contribution in [3.63, 3.8) is 0 Å². The first kappa shape index (κ1) is 21.3. The lowest BCUT2D eigenvalue weighted by Gasteiger charge is -2.17. The number of carbonyl (C=O) groups excluding carboxylic acids is 3. The first-order valence-corrected chi connectivity index (χ1v) is 10.1. The number of aromatic nitrogens is 1. The normalized spacial score (nSPS) is 10.4. The van der Waals surface area contributed by atoms with Crippen molar-refractivity contribution >= 4 is 44.5 Å². The second-order valence-corrected chi connectivity index (χ2v) is 7.15. The van der Waals surface area contributed by atoms with E-state index in [1.807, 2.05) is 37.3 Å². The largest absolute Gasteiger partial charge is 0.484 e. The summed E-state index contributed by atoms with van der Waals surface area (Å²) in [5.41, 5.74) is 0.807. The van der Waals surface area contributed by atoms with Gasteiger partial charge in [0.25, 0.3) is 11.8 Å². The molecule has 0 saturated carbocycles. The third-order valence-corrected chi connectivity index (χ3v) is 5.09. The van der Waals surface area contributed by atoms with Crippen LogP contribution in [0.1, 0.15) is 6.92 Å². The van der Waals surface area contributed by atoms with E-state index in [9.17, 15) is 14.4 Å². The van der Waals surface area contributed by atoms with Gasteiger partial charge in [-0.3, -0.25) is 19.3 Å². The highest BCUT2D eigenvalue weighted by Crippen LogP contribution is 2.28. The van der Waals surface area contributed by atoms with Crippen molar-refractivity contribution in [2.75, 3.05) is 31.2 Å². The number of ether oxygens (including phenoxy) is 2. The second-order valence-electron chi connectivity index (χ2n) is 6.14. The number of thiazole rings is 1. The van der Waals surface area contributed by atoms with E-state index in [4.69, 9.17) is 9.47 Å². The standard InChI is InChI=1S/C21H21N3O5S/c1-2-24(21-23-16-10-6-7-11-17(16)30-21)19(26)14-29-20(27)12-22-18(25)13-28-15-8-4-3-5-9-15/h3-11H,2,12-14H2,1H3,(H,22,25). The summed E-state index contributed by atoms with van der Waals surface area (Å²) in [6.07, 6.45) is 0. The number of para-hydroxylation sites is 2. The number of likely N-dealkylation sites (N-methyl/N-ethyl adjacent to an activating group) is 1. The fraction of sp³-hybridized carbons (Fsp3) is 0.238. The molecule has 30 heavy (non-hydrogen) atoms. The zero-order valence-electron chi connectivity index (χ0n) is 16.4. The molecule has 0 saturated heterocycles. The molecule has 2 amide bonds. The Labute approximate surface area is 177 Å². The third kappa shape index (κ3) is 5.77. The van der Waals surface area contributed by atoms with Crippen molar-refractivity contribution in [3.05, 3.63) is 54.6 Å². The van der Waals surface area contributed by atoms with E-state index in [-0.39, 0.29) is 19.1 Å². The van der Waals surface area contributed by atoms with Gasteiger partial charge in [0.1, 0.15) is 12.3 Å². The molecule has 1 aromatic heterocycles. The molecule has 8 nitrogen and oxygen atoms in total. The lowest BCUT2D eigenvalue weighted by Crippen LogP contribution is -2.37. The van der Waals surface area contributed by atoms with Gasteiger partial charge in [-0.05, 0) is 31.2 Å². The number of rotatable bonds is 9. The molecule has 0 bridgehead atoms. The van der Waals surface area contributed by atoms with Crippen LogP contribution < -0.4 is 15.0 Å². The number of amides is 2. The first-order valence-electron chi connectivity index (χ1n) is 9.33. The molecule has 0 aliphatic carbocycles. The van der Waals surface area contributed by atoms with E-state index in [0.29, 0.717) is 17.4 Å². The average Bonchev–Trinajstić information content (AvgIpc) is 3.19. The predicted octanol–water partition coefficient (Wildman–Crippen LogP) is 2.39. The topological polar surface area (TPSA) is 97.8 Å². The molecule has 1 heterocycles. The smallest absolute Gasteiger partial charge is 0.325 e. The van der Waals surface area contributed by atoms with Crippen LogP contribution in [0.2, 0.25) is 0 Å². The van der Waals surface area contributed by atoms with Crippen LogP contribution in [0.3, 0.4) is 0 Å². The summed E-state index contributed by atoms with van der Waals surface area (Å²) in [5.74, 6) is -1.01. The molecule has 3 aromatic rings. The van der Waals surface area contributed by atoms with Crippen LogP contribution in [0, 0.1) is 0 Å². The minimum absolute atomic E-state index is 0.225. The summed E-state index contributed by atoms with van der Waals surface area (Å²) in [7, 11) is 0. The molecular weight excluding hydrogens is 406 g/mol. The maximum Gasteiger partial charge on any atom is 0.325 e. The Bertz CT molecular complexity index is 989. The fourth-order valence-corrected chi connectivity index (χ4v) is 3.60. The Morgan fingerprint density at radius 1 is 1.03 bits per heavy atom. The number of hydrogen-bond donors (Lipinski definition) is 1. The van der Waals surface area contributed by atoms with Crippen LogP contribution in [0.15, 0.2) is 54.6 Å². The molecule has 0 aliphatic rings. The Morgan fingerprint density at radius 2 is 1.77 bits per heavy atom. The Hall–Kier alpha value is -3.46. The van der Waals surface area contributed by atoms with Crippen LogP contribution >= 0.6 is 11.3 Å². The van der Waals surface area contributed by atoms with E-state index in [1.165, 1.54) is 16.2 Å². The van der Waals surface area contributed by atoms with Crippen molar-refractivity contribution in [3.8, 4) is 5.75 Å². The summed E-state index contributed by atoms with van der Waals surface area (Å²) in [6.45, 7) is 1.20. The molecule has 9 heteroatoms. The van der Waals surface area contributed by atoms with Gasteiger partial charge < -0.3 is 14.8 Å². The monoisotopic (exact) mass is 427 g/mol. The molecule has 0 unspecified atom stereocenters. The molecular formula is C21H21N3O5S. The maximum absolute atomic E-state index is 12.5. The maximum atomic E-state index is 12.5. The number of nitrogens with zero attached hydrogens (tertiary/aromatic N) is 2. The highest BCUT2D eigenvalue weighted by Gasteiger charge is 2.19. The molecule has 0 aliphatic heterocycles. The van der Waals surface area contributed by atoms with E-state index in [2.05, 4.69) is 10.3 Å². The number of esters is 1. The van der Waals surface area contributed by atoms with Crippen molar-refractivity contribution in [1.82, 2.24) is 10.3 Å². The number of hydrogen-bond acceptors (Lipinski definition) is 7. The summed E-state index contributed by atoms with van der Waals surface area (Å²) >= 11 is 1.39. The van der Waals surface area contributed by atoms with Crippen LogP contribution in [-0.4, -0.2) is 49.1 Å². The van der Waals surface area contributed by atoms with Gasteiger partial charge in [0.05, 0.1) is 10.2 Å². The highest BCUT2D eigenvalue weighted by molar-refractivity contribution is 7.22. The fourth-order valence-electron chi connectivity index (χ4n) is 2.55. The average molecular weight is 427 g/mol. The minimum Gasteiger partial charge on any atom is -0.484 e. The molecule has 0 spiro atoms. The molecule has 0 atom stereocenters. The molecule has 1 N–H and O–H groups in total. The number of benzene rings is 2. The van der Waals surface area contributed by atoms with Gasteiger partial charge in [-0.1, -0.05) is 41.7 Å². The quantitative estimate of drug-likeness (QED) is 0.527. The minimum atomic E-state index is -0.711. The molecule has 2 aromatic carbocycles. The summed E-state index contributed by atoms with van der Waals surface area (Å²) in [6, 6.07) is 16.4. The summed E-state index contributed by atoms with van der Waals surface area (Å²) in [5, 5.41) is 2.94. The van der Waals surface area contributed by atoms with E-state index >= 15 is 0 Å². The lowest BCUT2D eigenvalue weighted by atomic mass is 10.3. The van der Waals surface area contributed by atoms with Gasteiger partial charge in [0.15, 0.2) is 18.3 Å². The predicted molar refractivity (Wildman–Crippen MR) is 114 cm³/mol. The molecule has 0 fully saturated rings. The van der Waals surface area contributed by atoms with Gasteiger partial charge in [-0.2, -0.15) is 0 Å². The third-order valence-electron chi connectivity index (χ3n) is 4.03. The van der Waals surface area contributed by atoms with E-state index in [0.717, 1.165) is 10.2 Å². The lowest BCUT2D eigenvalue weighted by molar-refractivity contribution is -0.147. The second kappa shape index (κ2) is 10.4. The molecule has 156 valence electrons. The van der Waals surface area contributed by atoms with Gasteiger partial charge in [-0.15, -0.1) is 0 Å². The van der Waals surface area contributed by atoms with Crippen LogP contribution in [0.5, 0.6) is 5.75 Å². The van der Waals surface area contributed by atoms with Gasteiger partial charge in [0, 0.05) is 6.54 Å². The summed E-state index contributed by atoms with van der Waals surface area (Å²) < 4.78 is 11.2. The van der Waals surface area contributed by atoms with Crippen molar-refractivity contribution in [2.24, 2.45) is 0 Å². The summed E-state index contributed by atoms with van der Waals surface area (Å²) in [4.78, 5) is 42.0. The van der Waals surface area contributed by atoms with Crippen molar-refractivity contribution in [1.29, 1.82) is 0 Å². The Kier molecular flexibility index (Phi) is 7.34. The van der Waals surface area contributed by atoms with Crippen molar-refractivity contribution < 1.29 is 23.9 Å². The molecule has 0 radical (unpaired) electrons. The van der Waals surface area contributed by atoms with Crippen LogP contribution in [0.4, 0.5) is 5.13 Å². The number of fused-ring (bicyclic) bond motifs is 1. The van der Waals surface area contributed by atoms with Crippen molar-refractivity contribution in [2.45, 2.75) is 6.92 Å². The van der Waals surface area contributed by atoms with Gasteiger partial charge in [0.2, 0.25) is 0 Å². The number of nitrogens with one attached hydrogen (secondary N) is 1.